The second kappa shape index (κ2) is 5.36. The number of fused-ring (bicyclic) bond motifs is 1. The first-order valence-corrected chi connectivity index (χ1v) is 8.30. The largest absolute Gasteiger partial charge is 0.337 e. The Balaban J connectivity index is 1.60. The first-order chi connectivity index (χ1) is 10.3. The minimum absolute atomic E-state index is 0.0875. The van der Waals surface area contributed by atoms with Crippen molar-refractivity contribution in [3.8, 4) is 10.7 Å². The van der Waals surface area contributed by atoms with Crippen molar-refractivity contribution in [1.29, 1.82) is 0 Å². The highest BCUT2D eigenvalue weighted by Crippen LogP contribution is 2.31. The Morgan fingerprint density at radius 1 is 1.19 bits per heavy atom. The molecular formula is C15H12BrN3OS. The van der Waals surface area contributed by atoms with Crippen LogP contribution in [-0.4, -0.2) is 10.1 Å². The van der Waals surface area contributed by atoms with Gasteiger partial charge in [0.05, 0.1) is 14.7 Å². The van der Waals surface area contributed by atoms with Gasteiger partial charge in [-0.1, -0.05) is 29.4 Å². The molecule has 1 atom stereocenters. The fourth-order valence-electron chi connectivity index (χ4n) is 2.54. The summed E-state index contributed by atoms with van der Waals surface area (Å²) in [7, 11) is 0. The van der Waals surface area contributed by atoms with Gasteiger partial charge in [-0.3, -0.25) is 0 Å². The summed E-state index contributed by atoms with van der Waals surface area (Å²) in [5, 5.41) is 7.55. The zero-order chi connectivity index (χ0) is 14.2. The van der Waals surface area contributed by atoms with Crippen molar-refractivity contribution in [2.24, 2.45) is 0 Å². The standard InChI is InChI=1S/C15H12BrN3OS/c16-13-6-5-12(21-13)14-18-15(20-19-14)11-7-9-3-1-2-4-10(9)8-17-11/h1-6,11,17H,7-8H2. The summed E-state index contributed by atoms with van der Waals surface area (Å²) in [6.07, 6.45) is 0.881. The average molecular weight is 362 g/mol. The van der Waals surface area contributed by atoms with Crippen LogP contribution in [0.2, 0.25) is 0 Å². The lowest BCUT2D eigenvalue weighted by Crippen LogP contribution is -2.28. The van der Waals surface area contributed by atoms with Crippen LogP contribution in [0.15, 0.2) is 44.7 Å². The van der Waals surface area contributed by atoms with E-state index in [-0.39, 0.29) is 6.04 Å². The van der Waals surface area contributed by atoms with Crippen LogP contribution in [0, 0.1) is 0 Å². The van der Waals surface area contributed by atoms with E-state index in [4.69, 9.17) is 4.52 Å². The molecular weight excluding hydrogens is 350 g/mol. The third-order valence-corrected chi connectivity index (χ3v) is 5.23. The number of aromatic nitrogens is 2. The quantitative estimate of drug-likeness (QED) is 0.750. The van der Waals surface area contributed by atoms with Crippen molar-refractivity contribution in [3.05, 3.63) is 57.2 Å². The predicted octanol–water partition coefficient (Wildman–Crippen LogP) is 3.95. The summed E-state index contributed by atoms with van der Waals surface area (Å²) in [6, 6.07) is 12.5. The van der Waals surface area contributed by atoms with Crippen molar-refractivity contribution in [2.45, 2.75) is 19.0 Å². The third-order valence-electron chi connectivity index (χ3n) is 3.61. The van der Waals surface area contributed by atoms with E-state index in [1.807, 2.05) is 12.1 Å². The summed E-state index contributed by atoms with van der Waals surface area (Å²) >= 11 is 5.05. The van der Waals surface area contributed by atoms with Gasteiger partial charge in [-0.25, -0.2) is 0 Å². The summed E-state index contributed by atoms with van der Waals surface area (Å²) in [4.78, 5) is 5.55. The molecule has 1 aliphatic rings. The number of benzene rings is 1. The summed E-state index contributed by atoms with van der Waals surface area (Å²) in [5.74, 6) is 1.31. The summed E-state index contributed by atoms with van der Waals surface area (Å²) in [6.45, 7) is 0.836. The normalized spacial score (nSPS) is 17.7. The number of hydrogen-bond acceptors (Lipinski definition) is 5. The lowest BCUT2D eigenvalue weighted by atomic mass is 9.96. The van der Waals surface area contributed by atoms with Crippen LogP contribution in [-0.2, 0) is 13.0 Å². The van der Waals surface area contributed by atoms with E-state index in [0.29, 0.717) is 11.7 Å². The van der Waals surface area contributed by atoms with Crippen LogP contribution < -0.4 is 5.32 Å². The molecule has 4 nitrogen and oxygen atoms in total. The second-order valence-corrected chi connectivity index (χ2v) is 7.43. The lowest BCUT2D eigenvalue weighted by Gasteiger charge is -2.23. The molecule has 0 amide bonds. The van der Waals surface area contributed by atoms with Gasteiger partial charge in [0.1, 0.15) is 0 Å². The van der Waals surface area contributed by atoms with Gasteiger partial charge in [-0.05, 0) is 45.6 Å². The molecule has 3 heterocycles. The van der Waals surface area contributed by atoms with Gasteiger partial charge in [0.15, 0.2) is 0 Å². The monoisotopic (exact) mass is 361 g/mol. The van der Waals surface area contributed by atoms with Crippen LogP contribution in [0.3, 0.4) is 0 Å². The minimum atomic E-state index is 0.0875. The first-order valence-electron chi connectivity index (χ1n) is 6.69. The van der Waals surface area contributed by atoms with Gasteiger partial charge in [0.2, 0.25) is 11.7 Å². The molecule has 1 aliphatic heterocycles. The molecule has 0 aliphatic carbocycles. The number of halogens is 1. The second-order valence-electron chi connectivity index (χ2n) is 4.97. The van der Waals surface area contributed by atoms with Crippen LogP contribution in [0.25, 0.3) is 10.7 Å². The maximum absolute atomic E-state index is 5.45. The number of hydrogen-bond donors (Lipinski definition) is 1. The Kier molecular flexibility index (Phi) is 3.37. The molecule has 0 saturated heterocycles. The molecule has 1 unspecified atom stereocenters. The SMILES string of the molecule is Brc1ccc(-c2noc(C3Cc4ccccc4CN3)n2)s1. The van der Waals surface area contributed by atoms with Crippen molar-refractivity contribution >= 4 is 27.3 Å². The zero-order valence-electron chi connectivity index (χ0n) is 11.0. The fraction of sp³-hybridized carbons (Fsp3) is 0.200. The lowest BCUT2D eigenvalue weighted by molar-refractivity contribution is 0.321. The Hall–Kier alpha value is -1.50. The smallest absolute Gasteiger partial charge is 0.244 e. The molecule has 4 rings (SSSR count). The average Bonchev–Trinajstić information content (AvgIpc) is 3.15. The number of nitrogens with one attached hydrogen (secondary N) is 1. The predicted molar refractivity (Wildman–Crippen MR) is 85.0 cm³/mol. The maximum atomic E-state index is 5.45. The number of thiophene rings is 1. The van der Waals surface area contributed by atoms with Crippen molar-refractivity contribution in [3.63, 3.8) is 0 Å². The summed E-state index contributed by atoms with van der Waals surface area (Å²) in [5.41, 5.74) is 2.69. The molecule has 3 aromatic rings. The molecule has 0 saturated carbocycles. The van der Waals surface area contributed by atoms with E-state index < -0.39 is 0 Å². The van der Waals surface area contributed by atoms with Crippen molar-refractivity contribution in [2.75, 3.05) is 0 Å². The maximum Gasteiger partial charge on any atom is 0.244 e. The third kappa shape index (κ3) is 2.54. The van der Waals surface area contributed by atoms with E-state index in [9.17, 15) is 0 Å². The van der Waals surface area contributed by atoms with Crippen LogP contribution >= 0.6 is 27.3 Å². The van der Waals surface area contributed by atoms with Gasteiger partial charge in [0, 0.05) is 6.54 Å². The zero-order valence-corrected chi connectivity index (χ0v) is 13.4. The molecule has 2 aromatic heterocycles. The highest BCUT2D eigenvalue weighted by Gasteiger charge is 2.24. The van der Waals surface area contributed by atoms with Gasteiger partial charge >= 0.3 is 0 Å². The fourth-order valence-corrected chi connectivity index (χ4v) is 3.85. The Morgan fingerprint density at radius 3 is 2.86 bits per heavy atom. The van der Waals surface area contributed by atoms with Crippen LogP contribution in [0.1, 0.15) is 23.1 Å². The molecule has 106 valence electrons. The van der Waals surface area contributed by atoms with E-state index >= 15 is 0 Å². The van der Waals surface area contributed by atoms with Gasteiger partial charge in [0.25, 0.3) is 0 Å². The highest BCUT2D eigenvalue weighted by atomic mass is 79.9. The minimum Gasteiger partial charge on any atom is -0.337 e. The van der Waals surface area contributed by atoms with Crippen LogP contribution in [0.4, 0.5) is 0 Å². The van der Waals surface area contributed by atoms with Gasteiger partial charge in [-0.2, -0.15) is 4.98 Å². The number of rotatable bonds is 2. The molecule has 21 heavy (non-hydrogen) atoms. The molecule has 6 heteroatoms. The first kappa shape index (κ1) is 13.2. The molecule has 0 fully saturated rings. The van der Waals surface area contributed by atoms with Gasteiger partial charge in [-0.15, -0.1) is 11.3 Å². The van der Waals surface area contributed by atoms with E-state index in [1.54, 1.807) is 11.3 Å². The Labute approximate surface area is 134 Å². The molecule has 0 spiro atoms. The highest BCUT2D eigenvalue weighted by molar-refractivity contribution is 9.11. The Morgan fingerprint density at radius 2 is 2.05 bits per heavy atom. The Bertz CT molecular complexity index is 783. The van der Waals surface area contributed by atoms with E-state index in [2.05, 4.69) is 55.7 Å². The number of nitrogens with zero attached hydrogens (tertiary/aromatic N) is 2. The molecule has 1 aromatic carbocycles. The molecule has 0 radical (unpaired) electrons. The molecule has 1 N–H and O–H groups in total. The van der Waals surface area contributed by atoms with Crippen molar-refractivity contribution in [1.82, 2.24) is 15.5 Å². The topological polar surface area (TPSA) is 51.0 Å². The molecule has 0 bridgehead atoms. The van der Waals surface area contributed by atoms with Crippen molar-refractivity contribution < 1.29 is 4.52 Å². The van der Waals surface area contributed by atoms with E-state index in [1.165, 1.54) is 11.1 Å². The van der Waals surface area contributed by atoms with E-state index in [0.717, 1.165) is 21.6 Å². The van der Waals surface area contributed by atoms with Gasteiger partial charge < -0.3 is 9.84 Å². The summed E-state index contributed by atoms with van der Waals surface area (Å²) < 4.78 is 6.51. The van der Waals surface area contributed by atoms with Crippen LogP contribution in [0.5, 0.6) is 0 Å².